The Hall–Kier alpha value is -1.36. The highest BCUT2D eigenvalue weighted by molar-refractivity contribution is 5.93. The highest BCUT2D eigenvalue weighted by atomic mass is 16.1. The number of amides is 1. The van der Waals surface area contributed by atoms with Gasteiger partial charge in [-0.25, -0.2) is 0 Å². The average Bonchev–Trinajstić information content (AvgIpc) is 2.74. The Balaban J connectivity index is 1.93. The first-order chi connectivity index (χ1) is 7.27. The third kappa shape index (κ3) is 2.36. The van der Waals surface area contributed by atoms with E-state index in [9.17, 15) is 4.79 Å². The molecule has 0 aliphatic heterocycles. The van der Waals surface area contributed by atoms with Crippen molar-refractivity contribution < 1.29 is 4.79 Å². The van der Waals surface area contributed by atoms with Crippen molar-refractivity contribution in [3.8, 4) is 0 Å². The van der Waals surface area contributed by atoms with Crippen LogP contribution in [0.2, 0.25) is 0 Å². The molecule has 2 unspecified atom stereocenters. The summed E-state index contributed by atoms with van der Waals surface area (Å²) < 4.78 is 0. The van der Waals surface area contributed by atoms with Gasteiger partial charge in [-0.15, -0.1) is 0 Å². The van der Waals surface area contributed by atoms with Crippen molar-refractivity contribution in [2.45, 2.75) is 37.8 Å². The van der Waals surface area contributed by atoms with Crippen LogP contribution >= 0.6 is 0 Å². The normalized spacial score (nSPS) is 26.2. The number of hydrogen-bond acceptors (Lipinski definition) is 3. The molecular weight excluding hydrogens is 192 g/mol. The van der Waals surface area contributed by atoms with E-state index in [1.807, 2.05) is 0 Å². The molecule has 1 aromatic rings. The Morgan fingerprint density at radius 3 is 3.00 bits per heavy atom. The van der Waals surface area contributed by atoms with Crippen LogP contribution in [0.1, 0.15) is 36.0 Å². The molecule has 1 aromatic heterocycles. The van der Waals surface area contributed by atoms with E-state index in [2.05, 4.69) is 15.5 Å². The molecule has 1 aliphatic carbocycles. The van der Waals surface area contributed by atoms with Crippen molar-refractivity contribution >= 4 is 5.91 Å². The van der Waals surface area contributed by atoms with E-state index in [4.69, 9.17) is 5.73 Å². The minimum absolute atomic E-state index is 0.0916. The van der Waals surface area contributed by atoms with Gasteiger partial charge in [-0.05, 0) is 12.8 Å². The first-order valence-electron chi connectivity index (χ1n) is 5.32. The van der Waals surface area contributed by atoms with Crippen LogP contribution in [0, 0.1) is 0 Å². The molecule has 1 amide bonds. The number of nitrogens with one attached hydrogen (secondary N) is 2. The van der Waals surface area contributed by atoms with Crippen LogP contribution in [-0.2, 0) is 0 Å². The van der Waals surface area contributed by atoms with Crippen molar-refractivity contribution in [3.63, 3.8) is 0 Å². The van der Waals surface area contributed by atoms with Gasteiger partial charge in [0.05, 0.1) is 11.8 Å². The Bertz CT molecular complexity index is 322. The first-order valence-corrected chi connectivity index (χ1v) is 5.32. The highest BCUT2D eigenvalue weighted by Crippen LogP contribution is 2.17. The van der Waals surface area contributed by atoms with E-state index in [1.165, 1.54) is 12.6 Å². The predicted molar refractivity (Wildman–Crippen MR) is 56.3 cm³/mol. The number of nitrogens with zero attached hydrogens (tertiary/aromatic N) is 1. The lowest BCUT2D eigenvalue weighted by atomic mass is 9.91. The van der Waals surface area contributed by atoms with Crippen molar-refractivity contribution in [2.75, 3.05) is 0 Å². The van der Waals surface area contributed by atoms with Gasteiger partial charge in [0.2, 0.25) is 0 Å². The molecule has 0 spiro atoms. The molecule has 1 saturated carbocycles. The van der Waals surface area contributed by atoms with Crippen molar-refractivity contribution in [3.05, 3.63) is 18.0 Å². The number of hydrogen-bond donors (Lipinski definition) is 3. The second-order valence-corrected chi connectivity index (χ2v) is 4.02. The fourth-order valence-electron chi connectivity index (χ4n) is 1.97. The van der Waals surface area contributed by atoms with Crippen LogP contribution in [-0.4, -0.2) is 28.2 Å². The van der Waals surface area contributed by atoms with Crippen LogP contribution in [0.3, 0.4) is 0 Å². The number of nitrogens with two attached hydrogens (primary N) is 1. The van der Waals surface area contributed by atoms with Crippen molar-refractivity contribution in [2.24, 2.45) is 5.73 Å². The maximum absolute atomic E-state index is 11.7. The van der Waals surface area contributed by atoms with Crippen molar-refractivity contribution in [1.29, 1.82) is 0 Å². The van der Waals surface area contributed by atoms with Crippen LogP contribution in [0.4, 0.5) is 0 Å². The van der Waals surface area contributed by atoms with Gasteiger partial charge in [0.25, 0.3) is 5.91 Å². The number of aromatic amines is 1. The predicted octanol–water partition coefficient (Wildman–Crippen LogP) is 0.409. The number of rotatable bonds is 2. The van der Waals surface area contributed by atoms with Gasteiger partial charge in [0.1, 0.15) is 0 Å². The number of carbonyl (C=O) groups is 1. The van der Waals surface area contributed by atoms with Crippen LogP contribution in [0.25, 0.3) is 0 Å². The molecule has 82 valence electrons. The molecule has 5 nitrogen and oxygen atoms in total. The van der Waals surface area contributed by atoms with Crippen LogP contribution in [0.15, 0.2) is 12.4 Å². The summed E-state index contributed by atoms with van der Waals surface area (Å²) in [6, 6.07) is 0.204. The summed E-state index contributed by atoms with van der Waals surface area (Å²) in [4.78, 5) is 11.7. The number of aromatic nitrogens is 2. The van der Waals surface area contributed by atoms with Gasteiger partial charge in [-0.1, -0.05) is 12.8 Å². The summed E-state index contributed by atoms with van der Waals surface area (Å²) in [5, 5.41) is 9.30. The molecule has 2 rings (SSSR count). The Morgan fingerprint density at radius 1 is 1.53 bits per heavy atom. The van der Waals surface area contributed by atoms with E-state index in [0.717, 1.165) is 19.3 Å². The van der Waals surface area contributed by atoms with Gasteiger partial charge < -0.3 is 11.1 Å². The maximum atomic E-state index is 11.7. The minimum atomic E-state index is -0.0916. The van der Waals surface area contributed by atoms with E-state index in [1.54, 1.807) is 6.20 Å². The third-order valence-corrected chi connectivity index (χ3v) is 2.90. The Kier molecular flexibility index (Phi) is 3.01. The molecule has 1 fully saturated rings. The quantitative estimate of drug-likeness (QED) is 0.658. The van der Waals surface area contributed by atoms with Gasteiger partial charge in [-0.3, -0.25) is 9.89 Å². The second-order valence-electron chi connectivity index (χ2n) is 4.02. The summed E-state index contributed by atoms with van der Waals surface area (Å²) in [5.41, 5.74) is 6.51. The molecule has 0 radical (unpaired) electrons. The Labute approximate surface area is 88.4 Å². The SMILES string of the molecule is NC1CCCCC1NC(=O)c1cn[nH]c1. The summed E-state index contributed by atoms with van der Waals surface area (Å²) >= 11 is 0. The topological polar surface area (TPSA) is 83.8 Å². The number of H-pyrrole nitrogens is 1. The maximum Gasteiger partial charge on any atom is 0.254 e. The standard InChI is InChI=1S/C10H16N4O/c11-8-3-1-2-4-9(8)14-10(15)7-5-12-13-6-7/h5-6,8-9H,1-4,11H2,(H,12,13)(H,14,15). The monoisotopic (exact) mass is 208 g/mol. The molecule has 5 heteroatoms. The second kappa shape index (κ2) is 4.44. The summed E-state index contributed by atoms with van der Waals surface area (Å²) in [5.74, 6) is -0.0916. The first kappa shape index (κ1) is 10.2. The van der Waals surface area contributed by atoms with E-state index in [0.29, 0.717) is 5.56 Å². The van der Waals surface area contributed by atoms with Gasteiger partial charge in [0.15, 0.2) is 0 Å². The molecule has 0 saturated heterocycles. The lowest BCUT2D eigenvalue weighted by molar-refractivity contribution is 0.0921. The number of carbonyl (C=O) groups excluding carboxylic acids is 1. The van der Waals surface area contributed by atoms with E-state index in [-0.39, 0.29) is 18.0 Å². The van der Waals surface area contributed by atoms with Gasteiger partial charge in [-0.2, -0.15) is 5.10 Å². The molecule has 4 N–H and O–H groups in total. The molecule has 0 aromatic carbocycles. The Morgan fingerprint density at radius 2 is 2.33 bits per heavy atom. The van der Waals surface area contributed by atoms with Crippen LogP contribution < -0.4 is 11.1 Å². The van der Waals surface area contributed by atoms with Gasteiger partial charge in [0, 0.05) is 18.3 Å². The molecular formula is C10H16N4O. The molecule has 1 aliphatic rings. The lowest BCUT2D eigenvalue weighted by Gasteiger charge is -2.29. The zero-order valence-corrected chi connectivity index (χ0v) is 8.57. The molecule has 0 bridgehead atoms. The fourth-order valence-corrected chi connectivity index (χ4v) is 1.97. The summed E-state index contributed by atoms with van der Waals surface area (Å²) in [6.45, 7) is 0. The smallest absolute Gasteiger partial charge is 0.254 e. The lowest BCUT2D eigenvalue weighted by Crippen LogP contribution is -2.49. The largest absolute Gasteiger partial charge is 0.348 e. The molecule has 15 heavy (non-hydrogen) atoms. The van der Waals surface area contributed by atoms with Crippen molar-refractivity contribution in [1.82, 2.24) is 15.5 Å². The van der Waals surface area contributed by atoms with E-state index >= 15 is 0 Å². The fraction of sp³-hybridized carbons (Fsp3) is 0.600. The third-order valence-electron chi connectivity index (χ3n) is 2.90. The molecule has 1 heterocycles. The summed E-state index contributed by atoms with van der Waals surface area (Å²) in [6.07, 6.45) is 7.39. The zero-order valence-electron chi connectivity index (χ0n) is 8.57. The van der Waals surface area contributed by atoms with Gasteiger partial charge >= 0.3 is 0 Å². The zero-order chi connectivity index (χ0) is 10.7. The minimum Gasteiger partial charge on any atom is -0.348 e. The van der Waals surface area contributed by atoms with Crippen LogP contribution in [0.5, 0.6) is 0 Å². The molecule has 2 atom stereocenters. The summed E-state index contributed by atoms with van der Waals surface area (Å²) in [7, 11) is 0. The highest BCUT2D eigenvalue weighted by Gasteiger charge is 2.23. The van der Waals surface area contributed by atoms with E-state index < -0.39 is 0 Å². The average molecular weight is 208 g/mol.